The molecule has 0 aromatic rings. The van der Waals surface area contributed by atoms with Gasteiger partial charge in [-0.15, -0.1) is 0 Å². The molecule has 0 amide bonds. The minimum atomic E-state index is -3.00. The second kappa shape index (κ2) is 7.45. The Morgan fingerprint density at radius 1 is 1.33 bits per heavy atom. The van der Waals surface area contributed by atoms with Crippen LogP contribution < -0.4 is 5.32 Å². The maximum absolute atomic E-state index is 11.8. The van der Waals surface area contributed by atoms with Crippen molar-refractivity contribution in [3.63, 3.8) is 0 Å². The number of hydrogen-bond acceptors (Lipinski definition) is 3. The second-order valence-corrected chi connectivity index (χ2v) is 8.09. The smallest absolute Gasteiger partial charge is 0.214 e. The van der Waals surface area contributed by atoms with Crippen LogP contribution >= 0.6 is 0 Å². The Balaban J connectivity index is 1.91. The lowest BCUT2D eigenvalue weighted by molar-refractivity contribution is 0.266. The van der Waals surface area contributed by atoms with Crippen molar-refractivity contribution < 1.29 is 8.42 Å². The summed E-state index contributed by atoms with van der Waals surface area (Å²) in [4.78, 5) is 6.93. The summed E-state index contributed by atoms with van der Waals surface area (Å²) >= 11 is 0. The zero-order valence-corrected chi connectivity index (χ0v) is 14.0. The standard InChI is InChI=1S/C14H28N4O2S/c1-3-15-14(17-8-4-6-13(2)12-17)16-7-10-18-9-5-11-21(18,19)20/h13H,3-12H2,1-2H3,(H,15,16). The van der Waals surface area contributed by atoms with Crippen LogP contribution in [0.5, 0.6) is 0 Å². The zero-order chi connectivity index (χ0) is 15.3. The first-order chi connectivity index (χ1) is 10.0. The number of nitrogens with zero attached hydrogens (tertiary/aromatic N) is 3. The average molecular weight is 316 g/mol. The highest BCUT2D eigenvalue weighted by atomic mass is 32.2. The highest BCUT2D eigenvalue weighted by Gasteiger charge is 2.27. The van der Waals surface area contributed by atoms with Crippen LogP contribution in [0.15, 0.2) is 4.99 Å². The van der Waals surface area contributed by atoms with Gasteiger partial charge in [0.2, 0.25) is 10.0 Å². The lowest BCUT2D eigenvalue weighted by Gasteiger charge is -2.33. The molecule has 2 aliphatic heterocycles. The molecule has 0 spiro atoms. The minimum absolute atomic E-state index is 0.292. The Morgan fingerprint density at radius 2 is 2.14 bits per heavy atom. The Bertz CT molecular complexity index is 464. The van der Waals surface area contributed by atoms with Crippen molar-refractivity contribution in [1.82, 2.24) is 14.5 Å². The summed E-state index contributed by atoms with van der Waals surface area (Å²) in [5, 5.41) is 3.33. The summed E-state index contributed by atoms with van der Waals surface area (Å²) in [5.74, 6) is 1.92. The van der Waals surface area contributed by atoms with E-state index in [0.717, 1.165) is 32.0 Å². The Labute approximate surface area is 128 Å². The molecule has 2 saturated heterocycles. The molecule has 0 aromatic carbocycles. The SMILES string of the molecule is CCNC(=NCCN1CCCS1(=O)=O)N1CCCC(C)C1. The molecule has 1 N–H and O–H groups in total. The molecule has 2 rings (SSSR count). The van der Waals surface area contributed by atoms with E-state index in [1.807, 2.05) is 0 Å². The number of sulfonamides is 1. The first-order valence-electron chi connectivity index (χ1n) is 8.04. The van der Waals surface area contributed by atoms with Gasteiger partial charge in [-0.05, 0) is 32.1 Å². The molecule has 2 heterocycles. The monoisotopic (exact) mass is 316 g/mol. The lowest BCUT2D eigenvalue weighted by atomic mass is 10.0. The summed E-state index contributed by atoms with van der Waals surface area (Å²) in [6, 6.07) is 0. The number of piperidine rings is 1. The number of hydrogen-bond donors (Lipinski definition) is 1. The summed E-state index contributed by atoms with van der Waals surface area (Å²) in [5.41, 5.74) is 0. The molecule has 2 fully saturated rings. The zero-order valence-electron chi connectivity index (χ0n) is 13.2. The first-order valence-corrected chi connectivity index (χ1v) is 9.65. The van der Waals surface area contributed by atoms with Crippen molar-refractivity contribution in [2.75, 3.05) is 45.0 Å². The van der Waals surface area contributed by atoms with Gasteiger partial charge in [-0.25, -0.2) is 12.7 Å². The molecule has 0 aliphatic carbocycles. The normalized spacial score (nSPS) is 27.0. The fourth-order valence-electron chi connectivity index (χ4n) is 3.02. The van der Waals surface area contributed by atoms with Gasteiger partial charge in [-0.3, -0.25) is 4.99 Å². The summed E-state index contributed by atoms with van der Waals surface area (Å²) in [6.07, 6.45) is 3.23. The largest absolute Gasteiger partial charge is 0.357 e. The van der Waals surface area contributed by atoms with Crippen molar-refractivity contribution in [3.05, 3.63) is 0 Å². The highest BCUT2D eigenvalue weighted by Crippen LogP contribution is 2.16. The third kappa shape index (κ3) is 4.57. The summed E-state index contributed by atoms with van der Waals surface area (Å²) in [6.45, 7) is 8.93. The molecule has 7 heteroatoms. The number of likely N-dealkylation sites (tertiary alicyclic amines) is 1. The molecular formula is C14H28N4O2S. The third-order valence-corrected chi connectivity index (χ3v) is 6.06. The molecule has 6 nitrogen and oxygen atoms in total. The van der Waals surface area contributed by atoms with Crippen molar-refractivity contribution in [2.45, 2.75) is 33.1 Å². The lowest BCUT2D eigenvalue weighted by Crippen LogP contribution is -2.46. The van der Waals surface area contributed by atoms with Gasteiger partial charge in [0.25, 0.3) is 0 Å². The quantitative estimate of drug-likeness (QED) is 0.613. The van der Waals surface area contributed by atoms with Gasteiger partial charge in [-0.2, -0.15) is 0 Å². The third-order valence-electron chi connectivity index (χ3n) is 4.11. The van der Waals surface area contributed by atoms with Gasteiger partial charge in [0.15, 0.2) is 5.96 Å². The van der Waals surface area contributed by atoms with Gasteiger partial charge in [0.05, 0.1) is 12.3 Å². The van der Waals surface area contributed by atoms with E-state index < -0.39 is 10.0 Å². The van der Waals surface area contributed by atoms with Crippen molar-refractivity contribution in [2.24, 2.45) is 10.9 Å². The van der Waals surface area contributed by atoms with E-state index in [1.165, 1.54) is 12.8 Å². The molecule has 122 valence electrons. The van der Waals surface area contributed by atoms with Crippen LogP contribution in [0.2, 0.25) is 0 Å². The van der Waals surface area contributed by atoms with Crippen molar-refractivity contribution >= 4 is 16.0 Å². The average Bonchev–Trinajstić information content (AvgIpc) is 2.77. The Morgan fingerprint density at radius 3 is 2.76 bits per heavy atom. The second-order valence-electron chi connectivity index (χ2n) is 6.00. The fourth-order valence-corrected chi connectivity index (χ4v) is 4.54. The Kier molecular flexibility index (Phi) is 5.87. The van der Waals surface area contributed by atoms with E-state index in [-0.39, 0.29) is 0 Å². The minimum Gasteiger partial charge on any atom is -0.357 e. The molecular weight excluding hydrogens is 288 g/mol. The predicted octanol–water partition coefficient (Wildman–Crippen LogP) is 0.719. The highest BCUT2D eigenvalue weighted by molar-refractivity contribution is 7.89. The van der Waals surface area contributed by atoms with Crippen LogP contribution in [-0.4, -0.2) is 68.6 Å². The van der Waals surface area contributed by atoms with Gasteiger partial charge in [-0.1, -0.05) is 6.92 Å². The van der Waals surface area contributed by atoms with Crippen LogP contribution in [0.3, 0.4) is 0 Å². The molecule has 0 bridgehead atoms. The molecule has 0 saturated carbocycles. The maximum atomic E-state index is 11.8. The van der Waals surface area contributed by atoms with E-state index in [1.54, 1.807) is 4.31 Å². The predicted molar refractivity (Wildman–Crippen MR) is 85.9 cm³/mol. The Hall–Kier alpha value is -0.820. The van der Waals surface area contributed by atoms with Gasteiger partial charge < -0.3 is 10.2 Å². The molecule has 1 atom stereocenters. The summed E-state index contributed by atoms with van der Waals surface area (Å²) in [7, 11) is -3.00. The molecule has 0 aromatic heterocycles. The number of aliphatic imine (C=N–C) groups is 1. The van der Waals surface area contributed by atoms with Crippen molar-refractivity contribution in [3.8, 4) is 0 Å². The first kappa shape index (κ1) is 16.5. The van der Waals surface area contributed by atoms with Gasteiger partial charge >= 0.3 is 0 Å². The van der Waals surface area contributed by atoms with Crippen LogP contribution in [0, 0.1) is 5.92 Å². The van der Waals surface area contributed by atoms with Gasteiger partial charge in [0, 0.05) is 32.7 Å². The van der Waals surface area contributed by atoms with Gasteiger partial charge in [0.1, 0.15) is 0 Å². The number of rotatable bonds is 4. The summed E-state index contributed by atoms with van der Waals surface area (Å²) < 4.78 is 25.1. The topological polar surface area (TPSA) is 65.0 Å². The van der Waals surface area contributed by atoms with E-state index in [2.05, 4.69) is 29.1 Å². The van der Waals surface area contributed by atoms with E-state index in [4.69, 9.17) is 0 Å². The van der Waals surface area contributed by atoms with Crippen LogP contribution in [-0.2, 0) is 10.0 Å². The van der Waals surface area contributed by atoms with Crippen LogP contribution in [0.1, 0.15) is 33.1 Å². The number of guanidine groups is 1. The number of nitrogens with one attached hydrogen (secondary N) is 1. The maximum Gasteiger partial charge on any atom is 0.214 e. The van der Waals surface area contributed by atoms with Crippen molar-refractivity contribution in [1.29, 1.82) is 0 Å². The van der Waals surface area contributed by atoms with Crippen LogP contribution in [0.25, 0.3) is 0 Å². The molecule has 2 aliphatic rings. The molecule has 21 heavy (non-hydrogen) atoms. The molecule has 1 unspecified atom stereocenters. The molecule has 0 radical (unpaired) electrons. The van der Waals surface area contributed by atoms with E-state index in [9.17, 15) is 8.42 Å². The van der Waals surface area contributed by atoms with E-state index >= 15 is 0 Å². The van der Waals surface area contributed by atoms with E-state index in [0.29, 0.717) is 31.3 Å². The fraction of sp³-hybridized carbons (Fsp3) is 0.929. The van der Waals surface area contributed by atoms with Crippen LogP contribution in [0.4, 0.5) is 0 Å².